The summed E-state index contributed by atoms with van der Waals surface area (Å²) >= 11 is 1.66. The normalized spacial score (nSPS) is 18.7. The molecule has 112 valence electrons. The molecule has 1 atom stereocenters. The number of aromatic nitrogens is 3. The number of hydrogen-bond donors (Lipinski definition) is 2. The second-order valence-corrected chi connectivity index (χ2v) is 6.78. The van der Waals surface area contributed by atoms with Gasteiger partial charge in [-0.2, -0.15) is 0 Å². The Morgan fingerprint density at radius 1 is 1.24 bits per heavy atom. The van der Waals surface area contributed by atoms with Crippen LogP contribution in [0.4, 0.5) is 10.9 Å². The van der Waals surface area contributed by atoms with Crippen molar-refractivity contribution in [2.75, 3.05) is 18.4 Å². The van der Waals surface area contributed by atoms with Gasteiger partial charge in [-0.1, -0.05) is 0 Å². The molecule has 0 aliphatic carbocycles. The number of nitrogens with zero attached hydrogens (tertiary/aromatic N) is 3. The molecule has 0 bridgehead atoms. The van der Waals surface area contributed by atoms with E-state index < -0.39 is 0 Å². The topological polar surface area (TPSA) is 62.7 Å². The third-order valence-corrected chi connectivity index (χ3v) is 4.79. The van der Waals surface area contributed by atoms with E-state index in [0.717, 1.165) is 47.7 Å². The molecule has 2 N–H and O–H groups in total. The van der Waals surface area contributed by atoms with E-state index in [9.17, 15) is 0 Å². The smallest absolute Gasteiger partial charge is 0.188 e. The molecule has 0 unspecified atom stereocenters. The Bertz CT molecular complexity index is 611. The van der Waals surface area contributed by atoms with Crippen molar-refractivity contribution in [3.8, 4) is 0 Å². The van der Waals surface area contributed by atoms with Crippen LogP contribution < -0.4 is 10.6 Å². The van der Waals surface area contributed by atoms with Crippen LogP contribution in [0.3, 0.4) is 0 Å². The van der Waals surface area contributed by atoms with E-state index in [1.165, 1.54) is 11.3 Å². The Labute approximate surface area is 129 Å². The zero-order valence-electron chi connectivity index (χ0n) is 12.7. The molecule has 0 aromatic carbocycles. The molecule has 2 aromatic heterocycles. The van der Waals surface area contributed by atoms with Gasteiger partial charge in [0.2, 0.25) is 0 Å². The van der Waals surface area contributed by atoms with E-state index >= 15 is 0 Å². The number of hydrogen-bond acceptors (Lipinski definition) is 6. The Kier molecular flexibility index (Phi) is 4.17. The highest BCUT2D eigenvalue weighted by Gasteiger charge is 2.19. The van der Waals surface area contributed by atoms with E-state index in [4.69, 9.17) is 4.98 Å². The van der Waals surface area contributed by atoms with Crippen molar-refractivity contribution in [3.05, 3.63) is 28.2 Å². The first-order valence-electron chi connectivity index (χ1n) is 7.39. The molecule has 2 aromatic rings. The Balaban J connectivity index is 1.83. The predicted molar refractivity (Wildman–Crippen MR) is 86.5 cm³/mol. The lowest BCUT2D eigenvalue weighted by atomic mass is 9.99. The molecule has 1 aliphatic heterocycles. The van der Waals surface area contributed by atoms with Gasteiger partial charge in [0, 0.05) is 29.1 Å². The van der Waals surface area contributed by atoms with Gasteiger partial charge in [-0.3, -0.25) is 0 Å². The number of thiazole rings is 1. The van der Waals surface area contributed by atoms with Crippen LogP contribution in [0.15, 0.2) is 6.07 Å². The number of aryl methyl sites for hydroxylation is 3. The largest absolute Gasteiger partial charge is 0.316 e. The molecule has 5 nitrogen and oxygen atoms in total. The third kappa shape index (κ3) is 3.39. The van der Waals surface area contributed by atoms with Crippen molar-refractivity contribution >= 4 is 22.3 Å². The first kappa shape index (κ1) is 14.4. The SMILES string of the molecule is Cc1cc(Nc2nc(C)c(C)s2)nc([C@@H]2CCCNC2)n1. The van der Waals surface area contributed by atoms with Crippen LogP contribution in [0.1, 0.15) is 40.8 Å². The molecule has 0 radical (unpaired) electrons. The summed E-state index contributed by atoms with van der Waals surface area (Å²) in [6.07, 6.45) is 2.35. The molecule has 1 saturated heterocycles. The van der Waals surface area contributed by atoms with Gasteiger partial charge in [-0.05, 0) is 40.2 Å². The van der Waals surface area contributed by atoms with Gasteiger partial charge >= 0.3 is 0 Å². The van der Waals surface area contributed by atoms with Crippen molar-refractivity contribution in [3.63, 3.8) is 0 Å². The van der Waals surface area contributed by atoms with Crippen LogP contribution in [0, 0.1) is 20.8 Å². The molecule has 0 spiro atoms. The van der Waals surface area contributed by atoms with Crippen LogP contribution in [-0.4, -0.2) is 28.0 Å². The maximum Gasteiger partial charge on any atom is 0.188 e. The summed E-state index contributed by atoms with van der Waals surface area (Å²) in [6.45, 7) is 8.21. The second-order valence-electron chi connectivity index (χ2n) is 5.58. The summed E-state index contributed by atoms with van der Waals surface area (Å²) in [5.41, 5.74) is 2.07. The van der Waals surface area contributed by atoms with Crippen LogP contribution in [-0.2, 0) is 0 Å². The summed E-state index contributed by atoms with van der Waals surface area (Å²) in [6, 6.07) is 1.98. The minimum Gasteiger partial charge on any atom is -0.316 e. The van der Waals surface area contributed by atoms with Gasteiger partial charge in [0.25, 0.3) is 0 Å². The number of anilines is 2. The van der Waals surface area contributed by atoms with Crippen LogP contribution in [0.2, 0.25) is 0 Å². The fourth-order valence-electron chi connectivity index (χ4n) is 2.55. The number of rotatable bonds is 3. The Morgan fingerprint density at radius 3 is 2.76 bits per heavy atom. The molecule has 21 heavy (non-hydrogen) atoms. The van der Waals surface area contributed by atoms with E-state index in [1.807, 2.05) is 19.9 Å². The molecule has 0 amide bonds. The van der Waals surface area contributed by atoms with Crippen molar-refractivity contribution in [1.29, 1.82) is 0 Å². The Morgan fingerprint density at radius 2 is 2.10 bits per heavy atom. The van der Waals surface area contributed by atoms with Gasteiger partial charge in [-0.25, -0.2) is 15.0 Å². The van der Waals surface area contributed by atoms with Gasteiger partial charge in [0.15, 0.2) is 5.13 Å². The van der Waals surface area contributed by atoms with Crippen molar-refractivity contribution in [2.45, 2.75) is 39.5 Å². The monoisotopic (exact) mass is 303 g/mol. The zero-order chi connectivity index (χ0) is 14.8. The first-order chi connectivity index (χ1) is 10.1. The maximum atomic E-state index is 4.70. The molecular formula is C15H21N5S. The van der Waals surface area contributed by atoms with Crippen molar-refractivity contribution < 1.29 is 0 Å². The highest BCUT2D eigenvalue weighted by atomic mass is 32.1. The minimum atomic E-state index is 0.416. The fourth-order valence-corrected chi connectivity index (χ4v) is 3.37. The Hall–Kier alpha value is -1.53. The van der Waals surface area contributed by atoms with E-state index in [-0.39, 0.29) is 0 Å². The predicted octanol–water partition coefficient (Wildman–Crippen LogP) is 3.07. The van der Waals surface area contributed by atoms with Crippen molar-refractivity contribution in [1.82, 2.24) is 20.3 Å². The van der Waals surface area contributed by atoms with E-state index in [2.05, 4.69) is 27.5 Å². The second kappa shape index (κ2) is 6.07. The van der Waals surface area contributed by atoms with E-state index in [1.54, 1.807) is 11.3 Å². The number of nitrogens with one attached hydrogen (secondary N) is 2. The fraction of sp³-hybridized carbons (Fsp3) is 0.533. The quantitative estimate of drug-likeness (QED) is 0.912. The molecule has 3 rings (SSSR count). The van der Waals surface area contributed by atoms with Gasteiger partial charge in [-0.15, -0.1) is 11.3 Å². The molecule has 0 saturated carbocycles. The minimum absolute atomic E-state index is 0.416. The lowest BCUT2D eigenvalue weighted by Gasteiger charge is -2.22. The molecule has 1 fully saturated rings. The van der Waals surface area contributed by atoms with Crippen molar-refractivity contribution in [2.24, 2.45) is 0 Å². The van der Waals surface area contributed by atoms with Crippen LogP contribution >= 0.6 is 11.3 Å². The molecule has 3 heterocycles. The van der Waals surface area contributed by atoms with Gasteiger partial charge < -0.3 is 10.6 Å². The molecule has 6 heteroatoms. The summed E-state index contributed by atoms with van der Waals surface area (Å²) in [7, 11) is 0. The average molecular weight is 303 g/mol. The first-order valence-corrected chi connectivity index (χ1v) is 8.21. The highest BCUT2D eigenvalue weighted by molar-refractivity contribution is 7.15. The third-order valence-electron chi connectivity index (χ3n) is 3.80. The molecular weight excluding hydrogens is 282 g/mol. The van der Waals surface area contributed by atoms with E-state index in [0.29, 0.717) is 5.92 Å². The summed E-state index contributed by atoms with van der Waals surface area (Å²) in [4.78, 5) is 15.1. The van der Waals surface area contributed by atoms with Gasteiger partial charge in [0.1, 0.15) is 11.6 Å². The molecule has 1 aliphatic rings. The van der Waals surface area contributed by atoms with Crippen LogP contribution in [0.5, 0.6) is 0 Å². The standard InChI is InChI=1S/C15H21N5S/c1-9-7-13(20-15-18-10(2)11(3)21-15)19-14(17-9)12-5-4-6-16-8-12/h7,12,16H,4-6,8H2,1-3H3,(H,17,18,19,20)/t12-/m1/s1. The number of piperidine rings is 1. The average Bonchev–Trinajstić information content (AvgIpc) is 2.77. The zero-order valence-corrected chi connectivity index (χ0v) is 13.5. The van der Waals surface area contributed by atoms with Crippen LogP contribution in [0.25, 0.3) is 0 Å². The lowest BCUT2D eigenvalue weighted by molar-refractivity contribution is 0.446. The van der Waals surface area contributed by atoms with Gasteiger partial charge in [0.05, 0.1) is 5.69 Å². The summed E-state index contributed by atoms with van der Waals surface area (Å²) in [5, 5.41) is 7.64. The lowest BCUT2D eigenvalue weighted by Crippen LogP contribution is -2.29. The maximum absolute atomic E-state index is 4.70. The summed E-state index contributed by atoms with van der Waals surface area (Å²) in [5.74, 6) is 2.20. The summed E-state index contributed by atoms with van der Waals surface area (Å²) < 4.78 is 0. The highest BCUT2D eigenvalue weighted by Crippen LogP contribution is 2.26.